The van der Waals surface area contributed by atoms with Crippen molar-refractivity contribution in [1.82, 2.24) is 5.32 Å². The standard InChI is InChI=1S/C10H22N2O2S/c1-9(2,3)12-10(7-11)5-4-6-15(13,14)8-10/h12H,4-8,11H2,1-3H3. The Hall–Kier alpha value is -0.130. The summed E-state index contributed by atoms with van der Waals surface area (Å²) in [5.74, 6) is 0.480. The Bertz CT molecular complexity index is 319. The molecule has 0 amide bonds. The fourth-order valence-electron chi connectivity index (χ4n) is 2.30. The molecule has 0 bridgehead atoms. The third kappa shape index (κ3) is 3.74. The second kappa shape index (κ2) is 4.03. The van der Waals surface area contributed by atoms with Crippen LogP contribution in [0.25, 0.3) is 0 Å². The summed E-state index contributed by atoms with van der Waals surface area (Å²) in [6, 6.07) is 0. The Morgan fingerprint density at radius 1 is 1.40 bits per heavy atom. The average Bonchev–Trinajstić information content (AvgIpc) is 1.99. The third-order valence-corrected chi connectivity index (χ3v) is 4.54. The van der Waals surface area contributed by atoms with Crippen LogP contribution in [0.15, 0.2) is 0 Å². The van der Waals surface area contributed by atoms with Crippen LogP contribution in [-0.2, 0) is 9.84 Å². The van der Waals surface area contributed by atoms with Crippen LogP contribution in [0.4, 0.5) is 0 Å². The lowest BCUT2D eigenvalue weighted by molar-refractivity contribution is 0.248. The smallest absolute Gasteiger partial charge is 0.152 e. The van der Waals surface area contributed by atoms with Crippen LogP contribution in [0.2, 0.25) is 0 Å². The van der Waals surface area contributed by atoms with Gasteiger partial charge in [0.1, 0.15) is 0 Å². The van der Waals surface area contributed by atoms with E-state index in [1.807, 2.05) is 20.8 Å². The minimum Gasteiger partial charge on any atom is -0.329 e. The van der Waals surface area contributed by atoms with E-state index in [0.717, 1.165) is 6.42 Å². The van der Waals surface area contributed by atoms with Crippen LogP contribution < -0.4 is 11.1 Å². The monoisotopic (exact) mass is 234 g/mol. The molecule has 0 aromatic heterocycles. The zero-order valence-corrected chi connectivity index (χ0v) is 10.7. The molecule has 0 spiro atoms. The highest BCUT2D eigenvalue weighted by molar-refractivity contribution is 7.91. The summed E-state index contributed by atoms with van der Waals surface area (Å²) in [5, 5.41) is 3.37. The SMILES string of the molecule is CC(C)(C)NC1(CN)CCCS(=O)(=O)C1. The van der Waals surface area contributed by atoms with Crippen LogP contribution >= 0.6 is 0 Å². The maximum absolute atomic E-state index is 11.6. The van der Waals surface area contributed by atoms with Crippen LogP contribution in [0, 0.1) is 0 Å². The van der Waals surface area contributed by atoms with E-state index in [-0.39, 0.29) is 11.3 Å². The Morgan fingerprint density at radius 3 is 2.40 bits per heavy atom. The van der Waals surface area contributed by atoms with Crippen molar-refractivity contribution in [2.24, 2.45) is 5.73 Å². The molecule has 1 rings (SSSR count). The first kappa shape index (κ1) is 12.9. The number of hydrogen-bond acceptors (Lipinski definition) is 4. The van der Waals surface area contributed by atoms with E-state index in [4.69, 9.17) is 5.73 Å². The molecule has 3 N–H and O–H groups in total. The molecule has 1 unspecified atom stereocenters. The predicted octanol–water partition coefficient (Wildman–Crippen LogP) is 0.281. The van der Waals surface area contributed by atoms with Gasteiger partial charge in [-0.2, -0.15) is 0 Å². The first-order valence-corrected chi connectivity index (χ1v) is 7.20. The molecule has 1 aliphatic heterocycles. The largest absolute Gasteiger partial charge is 0.329 e. The number of nitrogens with one attached hydrogen (secondary N) is 1. The normalized spacial score (nSPS) is 31.5. The first-order chi connectivity index (χ1) is 6.68. The lowest BCUT2D eigenvalue weighted by atomic mass is 9.91. The predicted molar refractivity (Wildman–Crippen MR) is 62.6 cm³/mol. The third-order valence-electron chi connectivity index (χ3n) is 2.64. The molecule has 90 valence electrons. The van der Waals surface area contributed by atoms with E-state index in [1.165, 1.54) is 0 Å². The molecular weight excluding hydrogens is 212 g/mol. The maximum atomic E-state index is 11.6. The van der Waals surface area contributed by atoms with Gasteiger partial charge in [-0.25, -0.2) is 8.42 Å². The van der Waals surface area contributed by atoms with Gasteiger partial charge in [0.05, 0.1) is 11.5 Å². The zero-order chi connectivity index (χ0) is 11.7. The summed E-state index contributed by atoms with van der Waals surface area (Å²) in [6.07, 6.45) is 1.56. The molecule has 4 nitrogen and oxygen atoms in total. The molecule has 1 atom stereocenters. The molecule has 1 fully saturated rings. The molecule has 0 aromatic carbocycles. The van der Waals surface area contributed by atoms with E-state index in [2.05, 4.69) is 5.32 Å². The van der Waals surface area contributed by atoms with E-state index in [9.17, 15) is 8.42 Å². The van der Waals surface area contributed by atoms with Crippen molar-refractivity contribution >= 4 is 9.84 Å². The lowest BCUT2D eigenvalue weighted by Crippen LogP contribution is -2.63. The van der Waals surface area contributed by atoms with Gasteiger partial charge in [-0.1, -0.05) is 0 Å². The van der Waals surface area contributed by atoms with E-state index < -0.39 is 15.4 Å². The fourth-order valence-corrected chi connectivity index (χ4v) is 4.21. The van der Waals surface area contributed by atoms with Crippen LogP contribution in [0.5, 0.6) is 0 Å². The number of rotatable bonds is 2. The summed E-state index contributed by atoms with van der Waals surface area (Å²) < 4.78 is 23.2. The Balaban J connectivity index is 2.85. The van der Waals surface area contributed by atoms with Crippen molar-refractivity contribution in [2.45, 2.75) is 44.7 Å². The molecule has 0 aromatic rings. The second-order valence-electron chi connectivity index (χ2n) is 5.56. The van der Waals surface area contributed by atoms with Crippen molar-refractivity contribution in [3.8, 4) is 0 Å². The van der Waals surface area contributed by atoms with Gasteiger partial charge in [-0.3, -0.25) is 0 Å². The molecule has 0 saturated carbocycles. The fraction of sp³-hybridized carbons (Fsp3) is 1.00. The summed E-state index contributed by atoms with van der Waals surface area (Å²) in [6.45, 7) is 6.48. The van der Waals surface area contributed by atoms with E-state index in [0.29, 0.717) is 18.7 Å². The van der Waals surface area contributed by atoms with Crippen molar-refractivity contribution in [3.63, 3.8) is 0 Å². The van der Waals surface area contributed by atoms with Crippen LogP contribution in [0.1, 0.15) is 33.6 Å². The van der Waals surface area contributed by atoms with Gasteiger partial charge in [0.25, 0.3) is 0 Å². The Morgan fingerprint density at radius 2 is 2.00 bits per heavy atom. The number of nitrogens with two attached hydrogens (primary N) is 1. The van der Waals surface area contributed by atoms with Crippen LogP contribution in [-0.4, -0.2) is 37.5 Å². The summed E-state index contributed by atoms with van der Waals surface area (Å²) in [5.41, 5.74) is 5.21. The minimum atomic E-state index is -2.92. The molecular formula is C10H22N2O2S. The van der Waals surface area contributed by atoms with E-state index >= 15 is 0 Å². The summed E-state index contributed by atoms with van der Waals surface area (Å²) >= 11 is 0. The van der Waals surface area contributed by atoms with E-state index in [1.54, 1.807) is 0 Å². The van der Waals surface area contributed by atoms with Gasteiger partial charge in [0.15, 0.2) is 9.84 Å². The maximum Gasteiger partial charge on any atom is 0.152 e. The highest BCUT2D eigenvalue weighted by atomic mass is 32.2. The van der Waals surface area contributed by atoms with Crippen molar-refractivity contribution in [2.75, 3.05) is 18.1 Å². The second-order valence-corrected chi connectivity index (χ2v) is 7.74. The summed E-state index contributed by atoms with van der Waals surface area (Å²) in [4.78, 5) is 0. The van der Waals surface area contributed by atoms with Gasteiger partial charge in [-0.05, 0) is 33.6 Å². The van der Waals surface area contributed by atoms with Crippen LogP contribution in [0.3, 0.4) is 0 Å². The molecule has 5 heteroatoms. The van der Waals surface area contributed by atoms with Crippen molar-refractivity contribution < 1.29 is 8.42 Å². The first-order valence-electron chi connectivity index (χ1n) is 5.38. The van der Waals surface area contributed by atoms with Gasteiger partial charge in [-0.15, -0.1) is 0 Å². The van der Waals surface area contributed by atoms with Gasteiger partial charge >= 0.3 is 0 Å². The molecule has 1 heterocycles. The zero-order valence-electron chi connectivity index (χ0n) is 9.84. The number of hydrogen-bond donors (Lipinski definition) is 2. The van der Waals surface area contributed by atoms with Crippen molar-refractivity contribution in [3.05, 3.63) is 0 Å². The topological polar surface area (TPSA) is 72.2 Å². The van der Waals surface area contributed by atoms with Gasteiger partial charge < -0.3 is 11.1 Å². The minimum absolute atomic E-state index is 0.105. The number of sulfone groups is 1. The summed E-state index contributed by atoms with van der Waals surface area (Å²) in [7, 11) is -2.92. The highest BCUT2D eigenvalue weighted by Gasteiger charge is 2.39. The van der Waals surface area contributed by atoms with Crippen molar-refractivity contribution in [1.29, 1.82) is 0 Å². The molecule has 15 heavy (non-hydrogen) atoms. The van der Waals surface area contributed by atoms with Gasteiger partial charge in [0, 0.05) is 17.6 Å². The van der Waals surface area contributed by atoms with Gasteiger partial charge in [0.2, 0.25) is 0 Å². The quantitative estimate of drug-likeness (QED) is 0.720. The lowest BCUT2D eigenvalue weighted by Gasteiger charge is -2.42. The molecule has 0 radical (unpaired) electrons. The molecule has 0 aliphatic carbocycles. The Labute approximate surface area is 92.5 Å². The highest BCUT2D eigenvalue weighted by Crippen LogP contribution is 2.24. The molecule has 1 aliphatic rings. The average molecular weight is 234 g/mol. The Kier molecular flexibility index (Phi) is 3.48. The molecule has 1 saturated heterocycles.